The van der Waals surface area contributed by atoms with Gasteiger partial charge in [0.25, 0.3) is 5.56 Å². The molecule has 0 radical (unpaired) electrons. The molecule has 8 nitrogen and oxygen atoms in total. The summed E-state index contributed by atoms with van der Waals surface area (Å²) in [4.78, 5) is 30.7. The van der Waals surface area contributed by atoms with Crippen LogP contribution in [0.2, 0.25) is 0 Å². The van der Waals surface area contributed by atoms with Gasteiger partial charge in [-0.3, -0.25) is 22.9 Å². The Labute approximate surface area is 180 Å². The molecule has 0 atom stereocenters. The molecule has 3 heterocycles. The Hall–Kier alpha value is -3.13. The van der Waals surface area contributed by atoms with E-state index in [1.54, 1.807) is 14.2 Å². The number of ether oxygens (including phenoxy) is 1. The van der Waals surface area contributed by atoms with Gasteiger partial charge in [-0.05, 0) is 44.4 Å². The van der Waals surface area contributed by atoms with Crippen LogP contribution in [0.25, 0.3) is 22.6 Å². The number of hydrogen-bond donors (Lipinski definition) is 0. The molecular weight excluding hydrogens is 394 g/mol. The van der Waals surface area contributed by atoms with E-state index in [4.69, 9.17) is 9.72 Å². The van der Waals surface area contributed by atoms with E-state index in [9.17, 15) is 9.59 Å². The molecule has 0 bridgehead atoms. The van der Waals surface area contributed by atoms with Crippen molar-refractivity contribution in [2.24, 2.45) is 7.05 Å². The molecular formula is C23H29N5O3. The second kappa shape index (κ2) is 8.19. The molecule has 8 heteroatoms. The minimum absolute atomic E-state index is 0.198. The lowest BCUT2D eigenvalue weighted by atomic mass is 10.1. The minimum Gasteiger partial charge on any atom is -0.383 e. The number of benzene rings is 1. The Balaban J connectivity index is 1.97. The first kappa shape index (κ1) is 21.1. The molecule has 3 aromatic heterocycles. The molecule has 0 aliphatic heterocycles. The summed E-state index contributed by atoms with van der Waals surface area (Å²) in [5.74, 6) is 0.628. The third kappa shape index (κ3) is 3.31. The molecule has 0 aliphatic carbocycles. The summed E-state index contributed by atoms with van der Waals surface area (Å²) in [6.07, 6.45) is 3.39. The van der Waals surface area contributed by atoms with Crippen molar-refractivity contribution in [2.45, 2.75) is 46.6 Å². The summed E-state index contributed by atoms with van der Waals surface area (Å²) in [5, 5.41) is 0. The number of hydrogen-bond acceptors (Lipinski definition) is 4. The zero-order valence-electron chi connectivity index (χ0n) is 18.8. The van der Waals surface area contributed by atoms with Crippen molar-refractivity contribution in [3.8, 4) is 5.69 Å². The minimum atomic E-state index is -0.392. The summed E-state index contributed by atoms with van der Waals surface area (Å²) < 4.78 is 11.6. The van der Waals surface area contributed by atoms with Crippen molar-refractivity contribution in [3.63, 3.8) is 0 Å². The number of rotatable bonds is 7. The van der Waals surface area contributed by atoms with Crippen molar-refractivity contribution in [1.29, 1.82) is 0 Å². The lowest BCUT2D eigenvalue weighted by Crippen LogP contribution is -2.40. The second-order valence-electron chi connectivity index (χ2n) is 7.99. The van der Waals surface area contributed by atoms with Crippen LogP contribution in [0, 0.1) is 13.8 Å². The van der Waals surface area contributed by atoms with Gasteiger partial charge in [0.1, 0.15) is 0 Å². The number of aromatic nitrogens is 5. The van der Waals surface area contributed by atoms with E-state index in [2.05, 4.69) is 31.2 Å². The third-order valence-electron chi connectivity index (χ3n) is 6.05. The van der Waals surface area contributed by atoms with Crippen LogP contribution in [-0.2, 0) is 24.8 Å². The fourth-order valence-corrected chi connectivity index (χ4v) is 4.13. The first-order valence-corrected chi connectivity index (χ1v) is 10.7. The van der Waals surface area contributed by atoms with Crippen LogP contribution in [-0.4, -0.2) is 36.8 Å². The van der Waals surface area contributed by atoms with Gasteiger partial charge in [-0.2, -0.15) is 4.98 Å². The van der Waals surface area contributed by atoms with Crippen molar-refractivity contribution in [2.75, 3.05) is 13.7 Å². The normalized spacial score (nSPS) is 11.8. The Kier molecular flexibility index (Phi) is 5.58. The predicted molar refractivity (Wildman–Crippen MR) is 121 cm³/mol. The third-order valence-corrected chi connectivity index (χ3v) is 6.05. The van der Waals surface area contributed by atoms with Gasteiger partial charge in [-0.25, -0.2) is 4.79 Å². The fraction of sp³-hybridized carbons (Fsp3) is 0.435. The van der Waals surface area contributed by atoms with E-state index in [-0.39, 0.29) is 18.7 Å². The maximum atomic E-state index is 13.3. The van der Waals surface area contributed by atoms with Crippen LogP contribution >= 0.6 is 0 Å². The zero-order valence-corrected chi connectivity index (χ0v) is 18.8. The van der Waals surface area contributed by atoms with Gasteiger partial charge < -0.3 is 4.74 Å². The Morgan fingerprint density at radius 1 is 1.06 bits per heavy atom. The first-order chi connectivity index (χ1) is 14.9. The maximum Gasteiger partial charge on any atom is 0.332 e. The maximum absolute atomic E-state index is 13.3. The average molecular weight is 424 g/mol. The van der Waals surface area contributed by atoms with Crippen LogP contribution in [0.15, 0.2) is 33.9 Å². The molecule has 0 amide bonds. The van der Waals surface area contributed by atoms with Gasteiger partial charge in [0.15, 0.2) is 11.2 Å². The smallest absolute Gasteiger partial charge is 0.332 e. The summed E-state index contributed by atoms with van der Waals surface area (Å²) in [6, 6.07) is 8.47. The standard InChI is InChI=1S/C23H29N5O3/c1-6-7-8-17-9-11-18(12-10-17)27-15(2)16(3)28-19-20(24-22(27)28)25(4)23(30)26(21(19)29)13-14-31-5/h9-12H,6-8,13-14H2,1-5H3. The molecule has 0 saturated heterocycles. The highest BCUT2D eigenvalue weighted by molar-refractivity contribution is 5.77. The van der Waals surface area contributed by atoms with E-state index < -0.39 is 5.69 Å². The number of aryl methyl sites for hydroxylation is 3. The summed E-state index contributed by atoms with van der Waals surface area (Å²) in [7, 11) is 3.20. The van der Waals surface area contributed by atoms with Gasteiger partial charge in [-0.1, -0.05) is 25.5 Å². The molecule has 0 aliphatic rings. The number of methoxy groups -OCH3 is 1. The quantitative estimate of drug-likeness (QED) is 0.458. The van der Waals surface area contributed by atoms with Gasteiger partial charge in [0.05, 0.1) is 13.2 Å². The van der Waals surface area contributed by atoms with E-state index in [0.717, 1.165) is 23.5 Å². The predicted octanol–water partition coefficient (Wildman–Crippen LogP) is 2.74. The number of fused-ring (bicyclic) bond motifs is 3. The van der Waals surface area contributed by atoms with Crippen molar-refractivity contribution < 1.29 is 4.74 Å². The average Bonchev–Trinajstić information content (AvgIpc) is 3.27. The highest BCUT2D eigenvalue weighted by Gasteiger charge is 2.23. The topological polar surface area (TPSA) is 75.5 Å². The van der Waals surface area contributed by atoms with Crippen LogP contribution in [0.3, 0.4) is 0 Å². The highest BCUT2D eigenvalue weighted by atomic mass is 16.5. The largest absolute Gasteiger partial charge is 0.383 e. The monoisotopic (exact) mass is 423 g/mol. The molecule has 31 heavy (non-hydrogen) atoms. The van der Waals surface area contributed by atoms with Crippen molar-refractivity contribution >= 4 is 16.9 Å². The Morgan fingerprint density at radius 2 is 1.77 bits per heavy atom. The molecule has 0 unspecified atom stereocenters. The summed E-state index contributed by atoms with van der Waals surface area (Å²) >= 11 is 0. The first-order valence-electron chi connectivity index (χ1n) is 10.7. The molecule has 4 aromatic rings. The lowest BCUT2D eigenvalue weighted by Gasteiger charge is -2.08. The van der Waals surface area contributed by atoms with Crippen LogP contribution in [0.5, 0.6) is 0 Å². The lowest BCUT2D eigenvalue weighted by molar-refractivity contribution is 0.184. The van der Waals surface area contributed by atoms with Crippen LogP contribution in [0.1, 0.15) is 36.7 Å². The summed E-state index contributed by atoms with van der Waals surface area (Å²) in [5.41, 5.74) is 4.26. The van der Waals surface area contributed by atoms with Crippen molar-refractivity contribution in [1.82, 2.24) is 23.1 Å². The molecule has 1 aromatic carbocycles. The van der Waals surface area contributed by atoms with Gasteiger partial charge in [0, 0.05) is 31.2 Å². The number of nitrogens with zero attached hydrogens (tertiary/aromatic N) is 5. The Bertz CT molecular complexity index is 1370. The van der Waals surface area contributed by atoms with Gasteiger partial charge in [-0.15, -0.1) is 0 Å². The second-order valence-corrected chi connectivity index (χ2v) is 7.99. The SMILES string of the molecule is CCCCc1ccc(-n2c(C)c(C)n3c4c(=O)n(CCOC)c(=O)n(C)c4nc23)cc1. The highest BCUT2D eigenvalue weighted by Crippen LogP contribution is 2.25. The van der Waals surface area contributed by atoms with E-state index >= 15 is 0 Å². The number of imidazole rings is 2. The molecule has 0 spiro atoms. The molecule has 0 N–H and O–H groups in total. The van der Waals surface area contributed by atoms with Crippen LogP contribution in [0.4, 0.5) is 0 Å². The Morgan fingerprint density at radius 3 is 2.42 bits per heavy atom. The molecule has 4 rings (SSSR count). The molecule has 164 valence electrons. The molecule has 0 saturated carbocycles. The summed E-state index contributed by atoms with van der Waals surface area (Å²) in [6.45, 7) is 6.66. The van der Waals surface area contributed by atoms with E-state index in [1.807, 2.05) is 22.8 Å². The number of unbranched alkanes of at least 4 members (excludes halogenated alkanes) is 1. The van der Waals surface area contributed by atoms with Gasteiger partial charge >= 0.3 is 5.69 Å². The van der Waals surface area contributed by atoms with E-state index in [1.165, 1.54) is 27.5 Å². The fourth-order valence-electron chi connectivity index (χ4n) is 4.13. The van der Waals surface area contributed by atoms with Gasteiger partial charge in [0.2, 0.25) is 5.78 Å². The van der Waals surface area contributed by atoms with Crippen molar-refractivity contribution in [3.05, 3.63) is 62.1 Å². The van der Waals surface area contributed by atoms with E-state index in [0.29, 0.717) is 16.9 Å². The molecule has 0 fully saturated rings. The zero-order chi connectivity index (χ0) is 22.3. The van der Waals surface area contributed by atoms with Crippen LogP contribution < -0.4 is 11.2 Å².